The molecule has 3 rings (SSSR count). The van der Waals surface area contributed by atoms with Gasteiger partial charge in [-0.15, -0.1) is 0 Å². The Morgan fingerprint density at radius 3 is 2.54 bits per heavy atom. The molecule has 0 fully saturated rings. The summed E-state index contributed by atoms with van der Waals surface area (Å²) in [7, 11) is 0. The number of hydrogen-bond donors (Lipinski definition) is 2. The summed E-state index contributed by atoms with van der Waals surface area (Å²) in [4.78, 5) is 45.8. The van der Waals surface area contributed by atoms with Crippen molar-refractivity contribution >= 4 is 23.3 Å². The van der Waals surface area contributed by atoms with Crippen LogP contribution in [-0.2, 0) is 0 Å². The molecule has 1 aromatic carbocycles. The summed E-state index contributed by atoms with van der Waals surface area (Å²) in [5.74, 6) is -1.83. The fourth-order valence-corrected chi connectivity index (χ4v) is 2.45. The van der Waals surface area contributed by atoms with Crippen molar-refractivity contribution in [2.45, 2.75) is 0 Å². The van der Waals surface area contributed by atoms with Gasteiger partial charge in [-0.2, -0.15) is 5.26 Å². The first-order chi connectivity index (χ1) is 11.3. The van der Waals surface area contributed by atoms with Crippen LogP contribution < -0.4 is 16.6 Å². The fourth-order valence-electron chi connectivity index (χ4n) is 2.45. The van der Waals surface area contributed by atoms with Gasteiger partial charge in [0, 0.05) is 18.2 Å². The second kappa shape index (κ2) is 5.03. The third-order valence-corrected chi connectivity index (χ3v) is 3.51. The number of nitro benzene ring substituents is 1. The van der Waals surface area contributed by atoms with Gasteiger partial charge in [-0.1, -0.05) is 0 Å². The summed E-state index contributed by atoms with van der Waals surface area (Å²) in [6.45, 7) is 0. The third kappa shape index (κ3) is 2.00. The average Bonchev–Trinajstić information content (AvgIpc) is 2.81. The van der Waals surface area contributed by atoms with Crippen molar-refractivity contribution in [1.82, 2.24) is 9.88 Å². The molecule has 0 atom stereocenters. The molecule has 118 valence electrons. The van der Waals surface area contributed by atoms with Crippen LogP contribution in [0.25, 0.3) is 5.69 Å². The molecule has 3 N–H and O–H groups in total. The second-order valence-electron chi connectivity index (χ2n) is 4.85. The molecule has 2 heterocycles. The summed E-state index contributed by atoms with van der Waals surface area (Å²) >= 11 is 0. The van der Waals surface area contributed by atoms with Gasteiger partial charge in [0.15, 0.2) is 0 Å². The van der Waals surface area contributed by atoms with Crippen LogP contribution in [0.5, 0.6) is 0 Å². The number of carbonyl (C=O) groups excluding carboxylic acids is 2. The lowest BCUT2D eigenvalue weighted by atomic mass is 10.1. The zero-order chi connectivity index (χ0) is 17.6. The number of rotatable bonds is 2. The number of nitrogens with two attached hydrogens (primary N) is 1. The van der Waals surface area contributed by atoms with E-state index in [0.29, 0.717) is 0 Å². The number of fused-ring (bicyclic) bond motifs is 1. The number of benzene rings is 1. The molecule has 1 aliphatic heterocycles. The molecule has 10 nitrogen and oxygen atoms in total. The number of nitro groups is 1. The van der Waals surface area contributed by atoms with Gasteiger partial charge < -0.3 is 5.73 Å². The summed E-state index contributed by atoms with van der Waals surface area (Å²) in [6.07, 6.45) is 0. The van der Waals surface area contributed by atoms with E-state index in [1.807, 2.05) is 5.32 Å². The normalized spacial score (nSPS) is 12.5. The maximum atomic E-state index is 12.3. The fraction of sp³-hybridized carbons (Fsp3) is 0. The van der Waals surface area contributed by atoms with E-state index in [-0.39, 0.29) is 33.9 Å². The molecule has 2 aromatic rings. The van der Waals surface area contributed by atoms with Crippen molar-refractivity contribution in [2.75, 3.05) is 5.73 Å². The van der Waals surface area contributed by atoms with Crippen molar-refractivity contribution < 1.29 is 14.5 Å². The molecule has 0 aliphatic carbocycles. The molecule has 0 unspecified atom stereocenters. The molecule has 0 spiro atoms. The first-order valence-corrected chi connectivity index (χ1v) is 6.45. The lowest BCUT2D eigenvalue weighted by molar-refractivity contribution is -0.384. The van der Waals surface area contributed by atoms with Crippen LogP contribution in [0.4, 0.5) is 11.5 Å². The smallest absolute Gasteiger partial charge is 0.270 e. The molecule has 24 heavy (non-hydrogen) atoms. The first kappa shape index (κ1) is 14.9. The Labute approximate surface area is 132 Å². The Morgan fingerprint density at radius 2 is 1.92 bits per heavy atom. The molecule has 10 heteroatoms. The predicted molar refractivity (Wildman–Crippen MR) is 79.6 cm³/mol. The zero-order valence-corrected chi connectivity index (χ0v) is 11.8. The molecule has 0 bridgehead atoms. The van der Waals surface area contributed by atoms with E-state index in [9.17, 15) is 29.8 Å². The minimum Gasteiger partial charge on any atom is -0.384 e. The Hall–Kier alpha value is -4.00. The van der Waals surface area contributed by atoms with Gasteiger partial charge in [-0.25, -0.2) is 0 Å². The topological polar surface area (TPSA) is 161 Å². The molecule has 1 aromatic heterocycles. The third-order valence-electron chi connectivity index (χ3n) is 3.51. The second-order valence-corrected chi connectivity index (χ2v) is 4.85. The quantitative estimate of drug-likeness (QED) is 0.449. The highest BCUT2D eigenvalue weighted by molar-refractivity contribution is 6.23. The van der Waals surface area contributed by atoms with Crippen LogP contribution >= 0.6 is 0 Å². The molecule has 0 saturated heterocycles. The van der Waals surface area contributed by atoms with Crippen molar-refractivity contribution in [1.29, 1.82) is 5.26 Å². The van der Waals surface area contributed by atoms with Crippen LogP contribution in [0, 0.1) is 21.4 Å². The summed E-state index contributed by atoms with van der Waals surface area (Å²) in [6, 6.07) is 5.93. The Bertz CT molecular complexity index is 1050. The summed E-state index contributed by atoms with van der Waals surface area (Å²) < 4.78 is 0.860. The lowest BCUT2D eigenvalue weighted by Gasteiger charge is -2.12. The van der Waals surface area contributed by atoms with Gasteiger partial charge in [-0.3, -0.25) is 34.4 Å². The Morgan fingerprint density at radius 1 is 1.21 bits per heavy atom. The highest BCUT2D eigenvalue weighted by Gasteiger charge is 2.32. The molecule has 2 amide bonds. The number of carbonyl (C=O) groups is 2. The van der Waals surface area contributed by atoms with Gasteiger partial charge in [0.1, 0.15) is 11.9 Å². The molecule has 0 radical (unpaired) electrons. The van der Waals surface area contributed by atoms with E-state index in [1.165, 1.54) is 6.07 Å². The summed E-state index contributed by atoms with van der Waals surface area (Å²) in [5.41, 5.74) is 4.22. The van der Waals surface area contributed by atoms with Crippen molar-refractivity contribution in [2.24, 2.45) is 0 Å². The van der Waals surface area contributed by atoms with Gasteiger partial charge >= 0.3 is 0 Å². The van der Waals surface area contributed by atoms with Gasteiger partial charge in [0.05, 0.1) is 27.3 Å². The summed E-state index contributed by atoms with van der Waals surface area (Å²) in [5, 5.41) is 22.0. The van der Waals surface area contributed by atoms with Crippen LogP contribution in [-0.4, -0.2) is 21.3 Å². The monoisotopic (exact) mass is 325 g/mol. The number of nitrogens with one attached hydrogen (secondary N) is 1. The van der Waals surface area contributed by atoms with E-state index in [4.69, 9.17) is 5.73 Å². The average molecular weight is 325 g/mol. The van der Waals surface area contributed by atoms with Crippen molar-refractivity contribution in [3.63, 3.8) is 0 Å². The number of nitrogen functional groups attached to an aromatic ring is 1. The maximum Gasteiger partial charge on any atom is 0.270 e. The standard InChI is InChI=1S/C14H7N5O5/c15-5-6-3-7(19(23)24)1-2-9(6)18-10(20)4-8-11(12(18)16)14(22)17-13(8)21/h1-4H,16H2,(H,17,21,22). The van der Waals surface area contributed by atoms with Crippen molar-refractivity contribution in [3.05, 3.63) is 61.4 Å². The number of amides is 2. The van der Waals surface area contributed by atoms with Gasteiger partial charge in [0.25, 0.3) is 23.1 Å². The van der Waals surface area contributed by atoms with Gasteiger partial charge in [0.2, 0.25) is 0 Å². The highest BCUT2D eigenvalue weighted by Crippen LogP contribution is 2.26. The molecular formula is C14H7N5O5. The van der Waals surface area contributed by atoms with E-state index in [1.54, 1.807) is 6.07 Å². The van der Waals surface area contributed by atoms with E-state index in [2.05, 4.69) is 0 Å². The first-order valence-electron chi connectivity index (χ1n) is 6.45. The maximum absolute atomic E-state index is 12.3. The van der Waals surface area contributed by atoms with Crippen LogP contribution in [0.2, 0.25) is 0 Å². The number of hydrogen-bond acceptors (Lipinski definition) is 7. The Kier molecular flexibility index (Phi) is 3.12. The number of pyridine rings is 1. The minimum absolute atomic E-state index is 0.0273. The lowest BCUT2D eigenvalue weighted by Crippen LogP contribution is -2.24. The highest BCUT2D eigenvalue weighted by atomic mass is 16.6. The number of imide groups is 1. The number of nitriles is 1. The zero-order valence-electron chi connectivity index (χ0n) is 11.8. The number of non-ortho nitro benzene ring substituents is 1. The molecular weight excluding hydrogens is 318 g/mol. The largest absolute Gasteiger partial charge is 0.384 e. The van der Waals surface area contributed by atoms with Crippen molar-refractivity contribution in [3.8, 4) is 11.8 Å². The molecule has 1 aliphatic rings. The van der Waals surface area contributed by atoms with E-state index < -0.39 is 22.3 Å². The van der Waals surface area contributed by atoms with Crippen LogP contribution in [0.3, 0.4) is 0 Å². The number of nitrogens with zero attached hydrogens (tertiary/aromatic N) is 3. The number of anilines is 1. The van der Waals surface area contributed by atoms with Crippen LogP contribution in [0.1, 0.15) is 26.3 Å². The molecule has 0 saturated carbocycles. The predicted octanol–water partition coefficient (Wildman–Crippen LogP) is 0.0832. The number of aromatic nitrogens is 1. The Balaban J connectivity index is 2.33. The van der Waals surface area contributed by atoms with Crippen LogP contribution in [0.15, 0.2) is 29.1 Å². The van der Waals surface area contributed by atoms with E-state index >= 15 is 0 Å². The van der Waals surface area contributed by atoms with E-state index in [0.717, 1.165) is 22.8 Å². The van der Waals surface area contributed by atoms with Gasteiger partial charge in [-0.05, 0) is 6.07 Å². The SMILES string of the molecule is N#Cc1cc([N+](=O)[O-])ccc1-n1c(N)c2c(cc1=O)C(=O)NC2=O. The minimum atomic E-state index is -0.762.